The van der Waals surface area contributed by atoms with Crippen molar-refractivity contribution in [2.24, 2.45) is 5.92 Å². The Morgan fingerprint density at radius 1 is 1.22 bits per heavy atom. The summed E-state index contributed by atoms with van der Waals surface area (Å²) in [4.78, 5) is 11.0. The van der Waals surface area contributed by atoms with Crippen LogP contribution in [0.25, 0.3) is 0 Å². The summed E-state index contributed by atoms with van der Waals surface area (Å²) in [5, 5.41) is 12.2. The van der Waals surface area contributed by atoms with E-state index in [4.69, 9.17) is 5.11 Å². The predicted octanol–water partition coefficient (Wildman–Crippen LogP) is 2.88. The van der Waals surface area contributed by atoms with Crippen molar-refractivity contribution in [3.05, 3.63) is 35.9 Å². The van der Waals surface area contributed by atoms with E-state index in [-0.39, 0.29) is 5.92 Å². The third kappa shape index (κ3) is 4.49. The molecule has 100 valence electrons. The molecule has 0 aliphatic heterocycles. The second kappa shape index (κ2) is 7.17. The van der Waals surface area contributed by atoms with Gasteiger partial charge < -0.3 is 10.4 Å². The van der Waals surface area contributed by atoms with Gasteiger partial charge in [-0.05, 0) is 30.4 Å². The van der Waals surface area contributed by atoms with Crippen molar-refractivity contribution in [2.45, 2.75) is 39.2 Å². The first kappa shape index (κ1) is 14.7. The lowest BCUT2D eigenvalue weighted by Crippen LogP contribution is -2.41. The third-order valence-electron chi connectivity index (χ3n) is 3.24. The lowest BCUT2D eigenvalue weighted by Gasteiger charge is -2.19. The maximum Gasteiger partial charge on any atom is 0.320 e. The molecule has 0 amide bonds. The summed E-state index contributed by atoms with van der Waals surface area (Å²) < 4.78 is 0. The summed E-state index contributed by atoms with van der Waals surface area (Å²) in [5.41, 5.74) is 1.30. The summed E-state index contributed by atoms with van der Waals surface area (Å²) in [7, 11) is 0. The fourth-order valence-electron chi connectivity index (χ4n) is 2.01. The van der Waals surface area contributed by atoms with Crippen LogP contribution < -0.4 is 5.32 Å². The first-order chi connectivity index (χ1) is 8.52. The third-order valence-corrected chi connectivity index (χ3v) is 3.24. The number of hydrogen-bond donors (Lipinski definition) is 2. The Balaban J connectivity index is 2.39. The number of carboxylic acid groups (broad SMARTS) is 1. The Hall–Kier alpha value is -1.35. The zero-order valence-electron chi connectivity index (χ0n) is 11.4. The second-order valence-electron chi connectivity index (χ2n) is 5.11. The van der Waals surface area contributed by atoms with Gasteiger partial charge in [-0.2, -0.15) is 0 Å². The number of hydrogen-bond acceptors (Lipinski definition) is 2. The van der Waals surface area contributed by atoms with Crippen LogP contribution in [0.15, 0.2) is 30.3 Å². The van der Waals surface area contributed by atoms with Crippen molar-refractivity contribution in [1.29, 1.82) is 0 Å². The van der Waals surface area contributed by atoms with Crippen LogP contribution in [0.3, 0.4) is 0 Å². The molecule has 0 aromatic heterocycles. The zero-order chi connectivity index (χ0) is 13.5. The van der Waals surface area contributed by atoms with Crippen LogP contribution in [-0.2, 0) is 4.79 Å². The lowest BCUT2D eigenvalue weighted by atomic mass is 9.97. The van der Waals surface area contributed by atoms with Gasteiger partial charge in [-0.15, -0.1) is 0 Å². The summed E-state index contributed by atoms with van der Waals surface area (Å²) >= 11 is 0. The Kier molecular flexibility index (Phi) is 5.86. The number of benzene rings is 1. The molecule has 0 spiro atoms. The van der Waals surface area contributed by atoms with E-state index in [0.717, 1.165) is 13.0 Å². The molecule has 0 aliphatic rings. The highest BCUT2D eigenvalue weighted by molar-refractivity contribution is 5.73. The second-order valence-corrected chi connectivity index (χ2v) is 5.11. The number of carboxylic acids is 1. The van der Waals surface area contributed by atoms with Crippen molar-refractivity contribution in [2.75, 3.05) is 6.54 Å². The minimum atomic E-state index is -0.766. The van der Waals surface area contributed by atoms with Gasteiger partial charge in [0.15, 0.2) is 0 Å². The SMILES string of the molecule is CC(CCN[C@@H](C(=O)O)C(C)C)c1ccccc1. The van der Waals surface area contributed by atoms with Crippen molar-refractivity contribution in [3.63, 3.8) is 0 Å². The summed E-state index contributed by atoms with van der Waals surface area (Å²) in [6.07, 6.45) is 0.945. The van der Waals surface area contributed by atoms with E-state index in [2.05, 4.69) is 24.4 Å². The Morgan fingerprint density at radius 2 is 1.83 bits per heavy atom. The number of nitrogens with one attached hydrogen (secondary N) is 1. The Labute approximate surface area is 109 Å². The molecule has 0 bridgehead atoms. The lowest BCUT2D eigenvalue weighted by molar-refractivity contribution is -0.140. The van der Waals surface area contributed by atoms with Gasteiger partial charge in [0, 0.05) is 0 Å². The van der Waals surface area contributed by atoms with Gasteiger partial charge in [0.05, 0.1) is 0 Å². The molecule has 0 saturated carbocycles. The summed E-state index contributed by atoms with van der Waals surface area (Å²) in [6, 6.07) is 9.85. The normalized spacial score (nSPS) is 14.4. The zero-order valence-corrected chi connectivity index (χ0v) is 11.4. The molecule has 3 heteroatoms. The molecule has 0 radical (unpaired) electrons. The molecule has 2 N–H and O–H groups in total. The molecule has 1 rings (SSSR count). The van der Waals surface area contributed by atoms with E-state index >= 15 is 0 Å². The van der Waals surface area contributed by atoms with Crippen molar-refractivity contribution >= 4 is 5.97 Å². The Morgan fingerprint density at radius 3 is 2.33 bits per heavy atom. The number of carbonyl (C=O) groups is 1. The van der Waals surface area contributed by atoms with Gasteiger partial charge in [-0.25, -0.2) is 0 Å². The van der Waals surface area contributed by atoms with Crippen LogP contribution in [0.5, 0.6) is 0 Å². The van der Waals surface area contributed by atoms with Gasteiger partial charge in [0.25, 0.3) is 0 Å². The quantitative estimate of drug-likeness (QED) is 0.781. The van der Waals surface area contributed by atoms with Crippen LogP contribution in [0.4, 0.5) is 0 Å². The average Bonchev–Trinajstić information content (AvgIpc) is 2.34. The fourth-order valence-corrected chi connectivity index (χ4v) is 2.01. The standard InChI is InChI=1S/C15H23NO2/c1-11(2)14(15(17)18)16-10-9-12(3)13-7-5-4-6-8-13/h4-8,11-12,14,16H,9-10H2,1-3H3,(H,17,18)/t12?,14-/m1/s1. The number of aliphatic carboxylic acids is 1. The highest BCUT2D eigenvalue weighted by atomic mass is 16.4. The first-order valence-electron chi connectivity index (χ1n) is 6.53. The van der Waals surface area contributed by atoms with E-state index in [1.165, 1.54) is 5.56 Å². The van der Waals surface area contributed by atoms with Gasteiger partial charge in [-0.3, -0.25) is 4.79 Å². The maximum atomic E-state index is 11.0. The summed E-state index contributed by atoms with van der Waals surface area (Å²) in [6.45, 7) is 6.74. The molecule has 18 heavy (non-hydrogen) atoms. The van der Waals surface area contributed by atoms with Gasteiger partial charge in [-0.1, -0.05) is 51.1 Å². The van der Waals surface area contributed by atoms with E-state index in [0.29, 0.717) is 5.92 Å². The molecule has 2 atom stereocenters. The highest BCUT2D eigenvalue weighted by Gasteiger charge is 2.20. The molecule has 0 heterocycles. The highest BCUT2D eigenvalue weighted by Crippen LogP contribution is 2.17. The van der Waals surface area contributed by atoms with Crippen LogP contribution in [0.2, 0.25) is 0 Å². The molecule has 0 fully saturated rings. The van der Waals surface area contributed by atoms with E-state index in [9.17, 15) is 4.79 Å². The fraction of sp³-hybridized carbons (Fsp3) is 0.533. The molecular formula is C15H23NO2. The summed E-state index contributed by atoms with van der Waals surface area (Å²) in [5.74, 6) is -0.216. The van der Waals surface area contributed by atoms with Crippen LogP contribution in [0.1, 0.15) is 38.7 Å². The molecule has 3 nitrogen and oxygen atoms in total. The van der Waals surface area contributed by atoms with E-state index < -0.39 is 12.0 Å². The molecule has 0 aliphatic carbocycles. The van der Waals surface area contributed by atoms with Crippen molar-refractivity contribution in [1.82, 2.24) is 5.32 Å². The van der Waals surface area contributed by atoms with Gasteiger partial charge in [0.2, 0.25) is 0 Å². The first-order valence-corrected chi connectivity index (χ1v) is 6.53. The minimum Gasteiger partial charge on any atom is -0.480 e. The Bertz CT molecular complexity index is 362. The van der Waals surface area contributed by atoms with Crippen LogP contribution >= 0.6 is 0 Å². The van der Waals surface area contributed by atoms with Crippen LogP contribution in [0, 0.1) is 5.92 Å². The van der Waals surface area contributed by atoms with Crippen molar-refractivity contribution in [3.8, 4) is 0 Å². The smallest absolute Gasteiger partial charge is 0.320 e. The van der Waals surface area contributed by atoms with Crippen molar-refractivity contribution < 1.29 is 9.90 Å². The maximum absolute atomic E-state index is 11.0. The van der Waals surface area contributed by atoms with Gasteiger partial charge >= 0.3 is 5.97 Å². The monoisotopic (exact) mass is 249 g/mol. The van der Waals surface area contributed by atoms with E-state index in [1.807, 2.05) is 32.0 Å². The van der Waals surface area contributed by atoms with Crippen LogP contribution in [-0.4, -0.2) is 23.7 Å². The average molecular weight is 249 g/mol. The van der Waals surface area contributed by atoms with E-state index in [1.54, 1.807) is 0 Å². The molecule has 0 saturated heterocycles. The molecular weight excluding hydrogens is 226 g/mol. The number of rotatable bonds is 7. The molecule has 1 aromatic carbocycles. The topological polar surface area (TPSA) is 49.3 Å². The largest absolute Gasteiger partial charge is 0.480 e. The van der Waals surface area contributed by atoms with Gasteiger partial charge in [0.1, 0.15) is 6.04 Å². The minimum absolute atomic E-state index is 0.106. The predicted molar refractivity (Wildman–Crippen MR) is 73.7 cm³/mol. The molecule has 1 aromatic rings. The molecule has 1 unspecified atom stereocenters.